The van der Waals surface area contributed by atoms with Crippen LogP contribution in [0.4, 0.5) is 30.7 Å². The minimum atomic E-state index is -6.03. The first kappa shape index (κ1) is 14.5. The van der Waals surface area contributed by atoms with E-state index in [-0.39, 0.29) is 13.0 Å². The van der Waals surface area contributed by atoms with Crippen LogP contribution in [-0.4, -0.2) is 31.2 Å². The van der Waals surface area contributed by atoms with Crippen LogP contribution in [0.5, 0.6) is 0 Å². The van der Waals surface area contributed by atoms with E-state index in [9.17, 15) is 30.7 Å². The highest BCUT2D eigenvalue weighted by Crippen LogP contribution is 2.46. The highest BCUT2D eigenvalue weighted by atomic mass is 19.4. The second kappa shape index (κ2) is 4.54. The van der Waals surface area contributed by atoms with E-state index in [0.29, 0.717) is 0 Å². The minimum absolute atomic E-state index is 0.200. The van der Waals surface area contributed by atoms with Crippen LogP contribution in [0.25, 0.3) is 0 Å². The molecule has 0 aromatic carbocycles. The van der Waals surface area contributed by atoms with Gasteiger partial charge in [-0.2, -0.15) is 26.3 Å². The summed E-state index contributed by atoms with van der Waals surface area (Å²) in [6.45, 7) is -0.952. The summed E-state index contributed by atoms with van der Waals surface area (Å²) in [6, 6.07) is 0. The van der Waals surface area contributed by atoms with Crippen LogP contribution in [0.2, 0.25) is 0 Å². The van der Waals surface area contributed by atoms with Gasteiger partial charge in [0.05, 0.1) is 6.61 Å². The fourth-order valence-electron chi connectivity index (χ4n) is 0.682. The van der Waals surface area contributed by atoms with Crippen LogP contribution in [0.1, 0.15) is 13.3 Å². The van der Waals surface area contributed by atoms with Gasteiger partial charge in [-0.15, -0.1) is 0 Å². The lowest BCUT2D eigenvalue weighted by Gasteiger charge is -2.29. The Kier molecular flexibility index (Phi) is 4.38. The summed E-state index contributed by atoms with van der Waals surface area (Å²) < 4.78 is 87.9. The number of hydrogen-bond acceptors (Lipinski definition) is 1. The molecule has 0 N–H and O–H groups in total. The lowest BCUT2D eigenvalue weighted by atomic mass is 10.1. The molecular formula is C7H9F7O. The summed E-state index contributed by atoms with van der Waals surface area (Å²) in [5.41, 5.74) is -5.30. The molecule has 0 aromatic heterocycles. The summed E-state index contributed by atoms with van der Waals surface area (Å²) in [5, 5.41) is 0. The van der Waals surface area contributed by atoms with Gasteiger partial charge < -0.3 is 4.74 Å². The molecule has 0 atom stereocenters. The van der Waals surface area contributed by atoms with Crippen molar-refractivity contribution in [3.8, 4) is 0 Å². The van der Waals surface area contributed by atoms with Crippen LogP contribution >= 0.6 is 0 Å². The molecule has 0 heterocycles. The third-order valence-electron chi connectivity index (χ3n) is 1.55. The number of alkyl halides is 7. The van der Waals surface area contributed by atoms with Crippen LogP contribution in [0.3, 0.4) is 0 Å². The van der Waals surface area contributed by atoms with E-state index in [1.807, 2.05) is 0 Å². The zero-order chi connectivity index (χ0) is 12.3. The number of halogens is 7. The highest BCUT2D eigenvalue weighted by molar-refractivity contribution is 4.94. The summed E-state index contributed by atoms with van der Waals surface area (Å²) >= 11 is 0. The Hall–Kier alpha value is -0.530. The van der Waals surface area contributed by atoms with E-state index in [2.05, 4.69) is 4.74 Å². The van der Waals surface area contributed by atoms with E-state index in [0.717, 1.165) is 0 Å². The van der Waals surface area contributed by atoms with Crippen molar-refractivity contribution < 1.29 is 35.5 Å². The molecule has 0 aliphatic rings. The predicted octanol–water partition coefficient (Wildman–Crippen LogP) is 3.25. The lowest BCUT2D eigenvalue weighted by Crippen LogP contribution is -2.56. The summed E-state index contributed by atoms with van der Waals surface area (Å²) in [7, 11) is 0. The molecule has 0 aliphatic heterocycles. The van der Waals surface area contributed by atoms with E-state index in [1.54, 1.807) is 0 Å². The lowest BCUT2D eigenvalue weighted by molar-refractivity contribution is -0.351. The molecule has 0 unspecified atom stereocenters. The maximum absolute atomic E-state index is 12.8. The van der Waals surface area contributed by atoms with Crippen molar-refractivity contribution in [3.05, 3.63) is 0 Å². The molecule has 0 spiro atoms. The third kappa shape index (κ3) is 3.22. The van der Waals surface area contributed by atoms with Gasteiger partial charge in [-0.25, -0.2) is 4.39 Å². The molecule has 8 heteroatoms. The number of ether oxygens (including phenoxy) is 1. The largest absolute Gasteiger partial charge is 0.433 e. The van der Waals surface area contributed by atoms with Crippen molar-refractivity contribution in [2.75, 3.05) is 13.2 Å². The van der Waals surface area contributed by atoms with Gasteiger partial charge in [0.15, 0.2) is 0 Å². The molecule has 0 amide bonds. The van der Waals surface area contributed by atoms with Gasteiger partial charge in [-0.1, -0.05) is 6.92 Å². The van der Waals surface area contributed by atoms with Crippen molar-refractivity contribution >= 4 is 0 Å². The molecule has 92 valence electrons. The second-order valence-corrected chi connectivity index (χ2v) is 2.85. The zero-order valence-corrected chi connectivity index (χ0v) is 7.68. The van der Waals surface area contributed by atoms with Crippen molar-refractivity contribution in [2.24, 2.45) is 0 Å². The predicted molar refractivity (Wildman–Crippen MR) is 37.1 cm³/mol. The molecule has 0 bridgehead atoms. The fraction of sp³-hybridized carbons (Fsp3) is 1.00. The fourth-order valence-corrected chi connectivity index (χ4v) is 0.682. The van der Waals surface area contributed by atoms with Crippen molar-refractivity contribution in [1.29, 1.82) is 0 Å². The topological polar surface area (TPSA) is 9.23 Å². The molecule has 1 nitrogen and oxygen atoms in total. The summed E-state index contributed by atoms with van der Waals surface area (Å²) in [4.78, 5) is 0. The summed E-state index contributed by atoms with van der Waals surface area (Å²) in [5.74, 6) is 0. The van der Waals surface area contributed by atoms with Gasteiger partial charge in [-0.05, 0) is 6.42 Å². The Morgan fingerprint density at radius 1 is 0.867 bits per heavy atom. The maximum atomic E-state index is 12.8. The van der Waals surface area contributed by atoms with Crippen molar-refractivity contribution in [2.45, 2.75) is 31.4 Å². The molecule has 0 aromatic rings. The first-order valence-electron chi connectivity index (χ1n) is 3.96. The monoisotopic (exact) mass is 242 g/mol. The van der Waals surface area contributed by atoms with Crippen molar-refractivity contribution in [3.63, 3.8) is 0 Å². The van der Waals surface area contributed by atoms with Gasteiger partial charge in [0.2, 0.25) is 0 Å². The number of hydrogen-bond donors (Lipinski definition) is 0. The molecule has 0 rings (SSSR count). The Morgan fingerprint density at radius 2 is 1.27 bits per heavy atom. The van der Waals surface area contributed by atoms with E-state index >= 15 is 0 Å². The van der Waals surface area contributed by atoms with E-state index in [1.165, 1.54) is 6.92 Å². The molecule has 0 saturated heterocycles. The highest BCUT2D eigenvalue weighted by Gasteiger charge is 2.72. The molecule has 0 fully saturated rings. The SMILES string of the molecule is CCCOCC(F)(C(F)(F)F)C(F)(F)F. The standard InChI is InChI=1S/C7H9F7O/c1-2-3-15-4-5(8,6(9,10)11)7(12,13)14/h2-4H2,1H3. The van der Waals surface area contributed by atoms with Crippen LogP contribution in [0, 0.1) is 0 Å². The maximum Gasteiger partial charge on any atom is 0.433 e. The van der Waals surface area contributed by atoms with E-state index < -0.39 is 24.6 Å². The first-order chi connectivity index (χ1) is 6.56. The number of rotatable bonds is 4. The molecule has 0 aliphatic carbocycles. The molecule has 15 heavy (non-hydrogen) atoms. The second-order valence-electron chi connectivity index (χ2n) is 2.85. The van der Waals surface area contributed by atoms with Gasteiger partial charge in [0.1, 0.15) is 0 Å². The minimum Gasteiger partial charge on any atom is -0.377 e. The third-order valence-corrected chi connectivity index (χ3v) is 1.55. The van der Waals surface area contributed by atoms with Crippen LogP contribution in [0.15, 0.2) is 0 Å². The Bertz CT molecular complexity index is 180. The van der Waals surface area contributed by atoms with E-state index in [4.69, 9.17) is 0 Å². The molecule has 0 saturated carbocycles. The average molecular weight is 242 g/mol. The van der Waals surface area contributed by atoms with Gasteiger partial charge in [0, 0.05) is 6.61 Å². The molecular weight excluding hydrogens is 233 g/mol. The molecule has 0 radical (unpaired) electrons. The quantitative estimate of drug-likeness (QED) is 0.543. The first-order valence-corrected chi connectivity index (χ1v) is 3.96. The smallest absolute Gasteiger partial charge is 0.377 e. The summed E-state index contributed by atoms with van der Waals surface area (Å²) in [6.07, 6.45) is -11.9. The normalized spacial score (nSPS) is 14.4. The van der Waals surface area contributed by atoms with Crippen LogP contribution in [-0.2, 0) is 4.74 Å². The van der Waals surface area contributed by atoms with Gasteiger partial charge >= 0.3 is 18.0 Å². The van der Waals surface area contributed by atoms with Crippen LogP contribution < -0.4 is 0 Å². The van der Waals surface area contributed by atoms with Crippen molar-refractivity contribution in [1.82, 2.24) is 0 Å². The van der Waals surface area contributed by atoms with Gasteiger partial charge in [0.25, 0.3) is 0 Å². The zero-order valence-electron chi connectivity index (χ0n) is 7.68. The Morgan fingerprint density at radius 3 is 1.53 bits per heavy atom. The Labute approximate surface area is 81.2 Å². The average Bonchev–Trinajstić information content (AvgIpc) is 2.00. The Balaban J connectivity index is 4.74. The van der Waals surface area contributed by atoms with Gasteiger partial charge in [-0.3, -0.25) is 0 Å².